The minimum atomic E-state index is -0.116. The minimum Gasteiger partial charge on any atom is -0.497 e. The van der Waals surface area contributed by atoms with Crippen molar-refractivity contribution in [2.45, 2.75) is 26.3 Å². The maximum atomic E-state index is 12.4. The number of carbonyl (C=O) groups excluding carboxylic acids is 1. The van der Waals surface area contributed by atoms with Gasteiger partial charge in [-0.05, 0) is 48.7 Å². The van der Waals surface area contributed by atoms with Crippen LogP contribution in [0.4, 0.5) is 0 Å². The Balaban J connectivity index is 1.70. The van der Waals surface area contributed by atoms with Crippen LogP contribution in [-0.2, 0) is 17.8 Å². The molecule has 138 valence electrons. The van der Waals surface area contributed by atoms with Gasteiger partial charge in [-0.25, -0.2) is 0 Å². The summed E-state index contributed by atoms with van der Waals surface area (Å²) < 4.78 is 7.15. The lowest BCUT2D eigenvalue weighted by molar-refractivity contribution is -0.118. The second kappa shape index (κ2) is 8.99. The summed E-state index contributed by atoms with van der Waals surface area (Å²) in [7, 11) is 1.64. The van der Waals surface area contributed by atoms with Crippen molar-refractivity contribution in [2.75, 3.05) is 7.11 Å². The zero-order valence-electron chi connectivity index (χ0n) is 15.8. The van der Waals surface area contributed by atoms with Crippen LogP contribution in [0.1, 0.15) is 23.1 Å². The van der Waals surface area contributed by atoms with Crippen molar-refractivity contribution in [2.24, 2.45) is 4.99 Å². The molecule has 0 bridgehead atoms. The molecule has 4 heteroatoms. The molecule has 1 aromatic heterocycles. The van der Waals surface area contributed by atoms with Crippen molar-refractivity contribution in [3.63, 3.8) is 0 Å². The van der Waals surface area contributed by atoms with Crippen LogP contribution in [0.15, 0.2) is 77.9 Å². The molecule has 0 fully saturated rings. The summed E-state index contributed by atoms with van der Waals surface area (Å²) >= 11 is 0. The lowest BCUT2D eigenvalue weighted by Gasteiger charge is -2.08. The van der Waals surface area contributed by atoms with E-state index in [0.29, 0.717) is 24.9 Å². The van der Waals surface area contributed by atoms with Gasteiger partial charge in [0.25, 0.3) is 0 Å². The quantitative estimate of drug-likeness (QED) is 0.669. The van der Waals surface area contributed by atoms with Crippen LogP contribution < -0.4 is 10.2 Å². The first-order chi connectivity index (χ1) is 13.1. The fraction of sp³-hybridized carbons (Fsp3) is 0.217. The van der Waals surface area contributed by atoms with E-state index in [2.05, 4.69) is 36.2 Å². The van der Waals surface area contributed by atoms with Crippen LogP contribution in [0.25, 0.3) is 0 Å². The third kappa shape index (κ3) is 5.42. The van der Waals surface area contributed by atoms with Gasteiger partial charge >= 0.3 is 0 Å². The van der Waals surface area contributed by atoms with Crippen LogP contribution in [0.2, 0.25) is 0 Å². The molecule has 0 saturated heterocycles. The Morgan fingerprint density at radius 3 is 2.37 bits per heavy atom. The first-order valence-electron chi connectivity index (χ1n) is 9.05. The largest absolute Gasteiger partial charge is 0.497 e. The smallest absolute Gasteiger partial charge is 0.247 e. The highest BCUT2D eigenvalue weighted by Crippen LogP contribution is 2.12. The van der Waals surface area contributed by atoms with Crippen LogP contribution in [0.3, 0.4) is 0 Å². The Labute approximate surface area is 159 Å². The number of pyridine rings is 1. The second-order valence-corrected chi connectivity index (χ2v) is 6.53. The Morgan fingerprint density at radius 1 is 0.963 bits per heavy atom. The number of ether oxygens (including phenoxy) is 1. The molecule has 3 rings (SSSR count). The predicted molar refractivity (Wildman–Crippen MR) is 107 cm³/mol. The molecule has 0 aliphatic rings. The monoisotopic (exact) mass is 360 g/mol. The number of hydrogen-bond donors (Lipinski definition) is 0. The number of nitrogens with zero attached hydrogens (tertiary/aromatic N) is 2. The Kier molecular flexibility index (Phi) is 6.21. The molecule has 0 spiro atoms. The second-order valence-electron chi connectivity index (χ2n) is 6.53. The number of hydrogen-bond acceptors (Lipinski definition) is 2. The van der Waals surface area contributed by atoms with Gasteiger partial charge in [-0.1, -0.05) is 48.0 Å². The molecule has 0 aliphatic carbocycles. The van der Waals surface area contributed by atoms with Crippen molar-refractivity contribution in [3.8, 4) is 5.75 Å². The summed E-state index contributed by atoms with van der Waals surface area (Å²) in [4.78, 5) is 16.7. The average molecular weight is 360 g/mol. The molecule has 1 heterocycles. The van der Waals surface area contributed by atoms with E-state index in [1.807, 2.05) is 53.2 Å². The average Bonchev–Trinajstić information content (AvgIpc) is 2.70. The van der Waals surface area contributed by atoms with Gasteiger partial charge in [-0.15, -0.1) is 0 Å². The first kappa shape index (κ1) is 18.6. The molecule has 0 saturated carbocycles. The van der Waals surface area contributed by atoms with E-state index in [0.717, 1.165) is 11.3 Å². The first-order valence-corrected chi connectivity index (χ1v) is 9.05. The van der Waals surface area contributed by atoms with Crippen molar-refractivity contribution >= 4 is 5.91 Å². The SMILES string of the molecule is COc1ccc(CCC(=O)N=c2ccccn2Cc2ccc(C)cc2)cc1. The zero-order valence-corrected chi connectivity index (χ0v) is 15.8. The molecule has 0 radical (unpaired) electrons. The molecule has 1 amide bonds. The van der Waals surface area contributed by atoms with Gasteiger partial charge in [0, 0.05) is 19.2 Å². The van der Waals surface area contributed by atoms with Crippen molar-refractivity contribution in [1.82, 2.24) is 4.57 Å². The normalized spacial score (nSPS) is 11.4. The molecular formula is C23H24N2O2. The molecule has 27 heavy (non-hydrogen) atoms. The van der Waals surface area contributed by atoms with Crippen molar-refractivity contribution < 1.29 is 9.53 Å². The maximum Gasteiger partial charge on any atom is 0.247 e. The van der Waals surface area contributed by atoms with Gasteiger partial charge in [-0.3, -0.25) is 4.79 Å². The Bertz CT molecular complexity index is 955. The van der Waals surface area contributed by atoms with Crippen LogP contribution in [0.5, 0.6) is 5.75 Å². The van der Waals surface area contributed by atoms with Gasteiger partial charge in [0.15, 0.2) is 0 Å². The lowest BCUT2D eigenvalue weighted by Crippen LogP contribution is -2.22. The maximum absolute atomic E-state index is 12.4. The van der Waals surface area contributed by atoms with Gasteiger partial charge in [-0.2, -0.15) is 4.99 Å². The Morgan fingerprint density at radius 2 is 1.67 bits per heavy atom. The minimum absolute atomic E-state index is 0.116. The Hall–Kier alpha value is -3.14. The zero-order chi connectivity index (χ0) is 19.1. The van der Waals surface area contributed by atoms with E-state index in [-0.39, 0.29) is 5.91 Å². The topological polar surface area (TPSA) is 43.6 Å². The number of carbonyl (C=O) groups is 1. The van der Waals surface area contributed by atoms with Gasteiger partial charge < -0.3 is 9.30 Å². The lowest BCUT2D eigenvalue weighted by atomic mass is 10.1. The van der Waals surface area contributed by atoms with Crippen LogP contribution in [-0.4, -0.2) is 17.6 Å². The number of benzene rings is 2. The summed E-state index contributed by atoms with van der Waals surface area (Å²) in [5, 5.41) is 0. The van der Waals surface area contributed by atoms with E-state index < -0.39 is 0 Å². The van der Waals surface area contributed by atoms with Crippen molar-refractivity contribution in [1.29, 1.82) is 0 Å². The number of amides is 1. The third-order valence-electron chi connectivity index (χ3n) is 4.42. The summed E-state index contributed by atoms with van der Waals surface area (Å²) in [5.74, 6) is 0.700. The standard InChI is InChI=1S/C23H24N2O2/c1-18-6-8-20(9-7-18)17-25-16-4-3-5-22(25)24-23(26)15-12-19-10-13-21(27-2)14-11-19/h3-11,13-14,16H,12,15,17H2,1-2H3. The van der Waals surface area contributed by atoms with Gasteiger partial charge in [0.05, 0.1) is 7.11 Å². The van der Waals surface area contributed by atoms with Crippen LogP contribution >= 0.6 is 0 Å². The van der Waals surface area contributed by atoms with E-state index in [9.17, 15) is 4.79 Å². The van der Waals surface area contributed by atoms with E-state index in [1.54, 1.807) is 7.11 Å². The van der Waals surface area contributed by atoms with Gasteiger partial charge in [0.2, 0.25) is 5.91 Å². The van der Waals surface area contributed by atoms with Crippen molar-refractivity contribution in [3.05, 3.63) is 95.1 Å². The predicted octanol–water partition coefficient (Wildman–Crippen LogP) is 3.91. The number of aryl methyl sites for hydroxylation is 2. The summed E-state index contributed by atoms with van der Waals surface area (Å²) in [6.07, 6.45) is 3.00. The highest BCUT2D eigenvalue weighted by Gasteiger charge is 2.03. The number of aromatic nitrogens is 1. The highest BCUT2D eigenvalue weighted by molar-refractivity contribution is 5.77. The fourth-order valence-electron chi connectivity index (χ4n) is 2.82. The molecule has 0 aliphatic heterocycles. The van der Waals surface area contributed by atoms with Gasteiger partial charge in [0.1, 0.15) is 11.2 Å². The van der Waals surface area contributed by atoms with E-state index in [4.69, 9.17) is 4.74 Å². The van der Waals surface area contributed by atoms with Crippen LogP contribution in [0, 0.1) is 6.92 Å². The molecular weight excluding hydrogens is 336 g/mol. The molecule has 0 unspecified atom stereocenters. The molecule has 3 aromatic rings. The van der Waals surface area contributed by atoms with E-state index in [1.165, 1.54) is 11.1 Å². The molecule has 2 aromatic carbocycles. The van der Waals surface area contributed by atoms with E-state index >= 15 is 0 Å². The third-order valence-corrected chi connectivity index (χ3v) is 4.42. The highest BCUT2D eigenvalue weighted by atomic mass is 16.5. The number of methoxy groups -OCH3 is 1. The number of rotatable bonds is 6. The fourth-order valence-corrected chi connectivity index (χ4v) is 2.82. The molecule has 0 atom stereocenters. The summed E-state index contributed by atoms with van der Waals surface area (Å²) in [6, 6.07) is 21.9. The molecule has 0 N–H and O–H groups in total. The summed E-state index contributed by atoms with van der Waals surface area (Å²) in [5.41, 5.74) is 4.19. The molecule has 4 nitrogen and oxygen atoms in total. The summed E-state index contributed by atoms with van der Waals surface area (Å²) in [6.45, 7) is 2.76.